The Morgan fingerprint density at radius 2 is 2.22 bits per heavy atom. The van der Waals surface area contributed by atoms with Crippen LogP contribution in [0.2, 0.25) is 10.2 Å². The molecule has 0 bridgehead atoms. The summed E-state index contributed by atoms with van der Waals surface area (Å²) in [6, 6.07) is 1.55. The van der Waals surface area contributed by atoms with Gasteiger partial charge in [0.15, 0.2) is 0 Å². The van der Waals surface area contributed by atoms with Crippen molar-refractivity contribution in [1.29, 1.82) is 0 Å². The van der Waals surface area contributed by atoms with Gasteiger partial charge in [-0.25, -0.2) is 0 Å². The first-order chi connectivity index (χ1) is 4.25. The first-order valence-electron chi connectivity index (χ1n) is 2.23. The molecule has 0 fully saturated rings. The Morgan fingerprint density at radius 3 is 2.44 bits per heavy atom. The van der Waals surface area contributed by atoms with Gasteiger partial charge in [0.1, 0.15) is 5.15 Å². The van der Waals surface area contributed by atoms with Crippen molar-refractivity contribution in [1.82, 2.24) is 4.57 Å². The third-order valence-corrected chi connectivity index (χ3v) is 1.72. The largest absolute Gasteiger partial charge is 0.279 e. The summed E-state index contributed by atoms with van der Waals surface area (Å²) in [5, 5.41) is 0.649. The first kappa shape index (κ1) is 6.65. The second kappa shape index (κ2) is 2.42. The molecule has 0 radical (unpaired) electrons. The van der Waals surface area contributed by atoms with Crippen molar-refractivity contribution in [2.45, 2.75) is 0 Å². The van der Waals surface area contributed by atoms with Crippen LogP contribution in [0.3, 0.4) is 0 Å². The van der Waals surface area contributed by atoms with Crippen LogP contribution in [0, 0.1) is 0 Å². The monoisotopic (exact) mass is 163 g/mol. The van der Waals surface area contributed by atoms with Crippen molar-refractivity contribution in [3.8, 4) is 0 Å². The fourth-order valence-electron chi connectivity index (χ4n) is 0.485. The van der Waals surface area contributed by atoms with Crippen molar-refractivity contribution < 1.29 is 4.79 Å². The lowest BCUT2D eigenvalue weighted by molar-refractivity contribution is 0.547. The first-order valence-corrected chi connectivity index (χ1v) is 2.98. The van der Waals surface area contributed by atoms with Gasteiger partial charge >= 0.3 is 0 Å². The molecule has 0 aromatic carbocycles. The Morgan fingerprint density at radius 1 is 1.56 bits per heavy atom. The van der Waals surface area contributed by atoms with Crippen LogP contribution in [-0.2, 0) is 4.79 Å². The van der Waals surface area contributed by atoms with E-state index in [1.807, 2.05) is 0 Å². The number of carbonyl (C=O) groups excluding carboxylic acids is 1. The molecule has 0 saturated carbocycles. The quantitative estimate of drug-likeness (QED) is 0.580. The predicted octanol–water partition coefficient (Wildman–Crippen LogP) is 1.83. The van der Waals surface area contributed by atoms with E-state index in [1.165, 1.54) is 10.8 Å². The van der Waals surface area contributed by atoms with Gasteiger partial charge in [-0.15, -0.1) is 0 Å². The highest BCUT2D eigenvalue weighted by molar-refractivity contribution is 6.41. The Labute approximate surface area is 62.0 Å². The van der Waals surface area contributed by atoms with Gasteiger partial charge in [-0.2, -0.15) is 0 Å². The smallest absolute Gasteiger partial charge is 0.218 e. The normalized spacial score (nSPS) is 9.56. The fraction of sp³-hybridized carbons (Fsp3) is 0. The number of halogens is 2. The van der Waals surface area contributed by atoms with Gasteiger partial charge in [0.05, 0.1) is 5.02 Å². The van der Waals surface area contributed by atoms with Crippen LogP contribution in [0.5, 0.6) is 0 Å². The van der Waals surface area contributed by atoms with E-state index in [1.54, 1.807) is 6.07 Å². The van der Waals surface area contributed by atoms with Gasteiger partial charge in [-0.1, -0.05) is 23.2 Å². The molecule has 0 saturated heterocycles. The van der Waals surface area contributed by atoms with Crippen LogP contribution in [0.4, 0.5) is 0 Å². The Balaban J connectivity index is 3.18. The number of hydrogen-bond donors (Lipinski definition) is 0. The Kier molecular flexibility index (Phi) is 1.78. The number of rotatable bonds is 1. The maximum atomic E-state index is 10.1. The minimum absolute atomic E-state index is 0.256. The van der Waals surface area contributed by atoms with E-state index in [4.69, 9.17) is 23.2 Å². The zero-order valence-electron chi connectivity index (χ0n) is 4.34. The van der Waals surface area contributed by atoms with Crippen molar-refractivity contribution >= 4 is 29.6 Å². The summed E-state index contributed by atoms with van der Waals surface area (Å²) in [6.07, 6.45) is 2.09. The third kappa shape index (κ3) is 1.09. The summed E-state index contributed by atoms with van der Waals surface area (Å²) < 4.78 is 1.20. The number of nitrogens with zero attached hydrogens (tertiary/aromatic N) is 1. The minimum Gasteiger partial charge on any atom is -0.279 e. The molecule has 0 amide bonds. The van der Waals surface area contributed by atoms with E-state index >= 15 is 0 Å². The van der Waals surface area contributed by atoms with Crippen LogP contribution in [0.15, 0.2) is 12.3 Å². The second-order valence-electron chi connectivity index (χ2n) is 1.47. The van der Waals surface area contributed by atoms with Crippen LogP contribution in [0.25, 0.3) is 0 Å². The average molecular weight is 164 g/mol. The van der Waals surface area contributed by atoms with E-state index in [0.717, 1.165) is 0 Å². The van der Waals surface area contributed by atoms with Crippen LogP contribution in [0.1, 0.15) is 0 Å². The summed E-state index contributed by atoms with van der Waals surface area (Å²) in [7, 11) is 0. The number of aromatic nitrogens is 1. The molecule has 2 nitrogen and oxygen atoms in total. The summed E-state index contributed by atoms with van der Waals surface area (Å²) in [5.74, 6) is 0. The molecule has 48 valence electrons. The molecule has 4 heteroatoms. The molecular weight excluding hydrogens is 161 g/mol. The number of hydrogen-bond acceptors (Lipinski definition) is 1. The molecule has 1 rings (SSSR count). The van der Waals surface area contributed by atoms with Crippen molar-refractivity contribution in [3.63, 3.8) is 0 Å². The molecule has 1 aromatic rings. The highest BCUT2D eigenvalue weighted by Crippen LogP contribution is 2.20. The van der Waals surface area contributed by atoms with Gasteiger partial charge in [0, 0.05) is 6.20 Å². The van der Waals surface area contributed by atoms with E-state index in [2.05, 4.69) is 0 Å². The molecule has 0 N–H and O–H groups in total. The topological polar surface area (TPSA) is 22.0 Å². The zero-order chi connectivity index (χ0) is 6.85. The van der Waals surface area contributed by atoms with E-state index in [9.17, 15) is 4.79 Å². The van der Waals surface area contributed by atoms with Crippen molar-refractivity contribution in [3.05, 3.63) is 22.4 Å². The van der Waals surface area contributed by atoms with Crippen LogP contribution < -0.4 is 0 Å². The molecule has 0 unspecified atom stereocenters. The lowest BCUT2D eigenvalue weighted by Crippen LogP contribution is -1.89. The highest BCUT2D eigenvalue weighted by Gasteiger charge is 2.00. The molecule has 0 aliphatic heterocycles. The zero-order valence-corrected chi connectivity index (χ0v) is 5.86. The Hall–Kier alpha value is -0.470. The molecule has 1 aromatic heterocycles. The van der Waals surface area contributed by atoms with Gasteiger partial charge in [-0.05, 0) is 6.07 Å². The fourth-order valence-corrected chi connectivity index (χ4v) is 0.798. The van der Waals surface area contributed by atoms with Crippen LogP contribution >= 0.6 is 23.2 Å². The molecular formula is C5H3Cl2NO. The molecule has 9 heavy (non-hydrogen) atoms. The second-order valence-corrected chi connectivity index (χ2v) is 2.23. The van der Waals surface area contributed by atoms with Crippen molar-refractivity contribution in [2.24, 2.45) is 0 Å². The van der Waals surface area contributed by atoms with Gasteiger partial charge < -0.3 is 0 Å². The standard InChI is InChI=1S/C5H3Cl2NO/c6-4-1-2-8(3-9)5(4)7/h1-3H. The summed E-state index contributed by atoms with van der Waals surface area (Å²) >= 11 is 11.0. The minimum atomic E-state index is 0.256. The molecule has 0 spiro atoms. The summed E-state index contributed by atoms with van der Waals surface area (Å²) in [5.41, 5.74) is 0. The lowest BCUT2D eigenvalue weighted by atomic mass is 10.7. The average Bonchev–Trinajstić information content (AvgIpc) is 2.15. The number of carbonyl (C=O) groups is 1. The van der Waals surface area contributed by atoms with E-state index in [-0.39, 0.29) is 5.15 Å². The molecule has 0 atom stereocenters. The predicted molar refractivity (Wildman–Crippen MR) is 36.6 cm³/mol. The van der Waals surface area contributed by atoms with E-state index in [0.29, 0.717) is 11.4 Å². The lowest BCUT2D eigenvalue weighted by Gasteiger charge is -1.87. The third-order valence-electron chi connectivity index (χ3n) is 0.919. The summed E-state index contributed by atoms with van der Waals surface area (Å²) in [6.45, 7) is 0. The van der Waals surface area contributed by atoms with E-state index < -0.39 is 0 Å². The van der Waals surface area contributed by atoms with Gasteiger partial charge in [-0.3, -0.25) is 9.36 Å². The molecule has 0 aliphatic rings. The van der Waals surface area contributed by atoms with Crippen LogP contribution in [-0.4, -0.2) is 11.0 Å². The van der Waals surface area contributed by atoms with Gasteiger partial charge in [0.25, 0.3) is 0 Å². The molecule has 1 heterocycles. The summed E-state index contributed by atoms with van der Waals surface area (Å²) in [4.78, 5) is 10.1. The Bertz CT molecular complexity index is 231. The molecule has 0 aliphatic carbocycles. The maximum absolute atomic E-state index is 10.1. The maximum Gasteiger partial charge on any atom is 0.218 e. The van der Waals surface area contributed by atoms with Crippen molar-refractivity contribution in [2.75, 3.05) is 0 Å². The van der Waals surface area contributed by atoms with Gasteiger partial charge in [0.2, 0.25) is 6.41 Å². The SMILES string of the molecule is O=Cn1ccc(Cl)c1Cl. The highest BCUT2D eigenvalue weighted by atomic mass is 35.5.